The number of esters is 7. The number of hydrogen-bond donors (Lipinski definition) is 0. The number of carbonyl (C=O) groups is 7. The van der Waals surface area contributed by atoms with Crippen molar-refractivity contribution >= 4 is 41.8 Å². The molecule has 0 heterocycles. The summed E-state index contributed by atoms with van der Waals surface area (Å²) in [5.74, 6) is -27.7. The predicted octanol–water partition coefficient (Wildman–Crippen LogP) is 2.46. The molecule has 0 aromatic carbocycles. The lowest BCUT2D eigenvalue weighted by atomic mass is 9.94. The van der Waals surface area contributed by atoms with Gasteiger partial charge in [-0.1, -0.05) is 20.8 Å². The highest BCUT2D eigenvalue weighted by Crippen LogP contribution is 2.34. The Morgan fingerprint density at radius 2 is 0.804 bits per heavy atom. The molecule has 0 aromatic rings. The van der Waals surface area contributed by atoms with Crippen LogP contribution in [0.1, 0.15) is 59.8 Å². The van der Waals surface area contributed by atoms with Crippen LogP contribution >= 0.6 is 0 Å². The fraction of sp³-hybridized carbons (Fsp3) is 0.731. The summed E-state index contributed by atoms with van der Waals surface area (Å²) in [6.07, 6.45) is -13.9. The molecule has 20 heteroatoms. The zero-order valence-corrected chi connectivity index (χ0v) is 25.8. The summed E-state index contributed by atoms with van der Waals surface area (Å²) in [6.45, 7) is 3.59. The molecular formula is C26H34F6O14. The molecule has 0 saturated heterocycles. The molecule has 0 saturated carbocycles. The van der Waals surface area contributed by atoms with Gasteiger partial charge in [0.1, 0.15) is 0 Å². The van der Waals surface area contributed by atoms with Gasteiger partial charge in [0, 0.05) is 6.92 Å². The van der Waals surface area contributed by atoms with Gasteiger partial charge in [0.2, 0.25) is 5.60 Å². The molecule has 0 spiro atoms. The van der Waals surface area contributed by atoms with Gasteiger partial charge < -0.3 is 33.2 Å². The van der Waals surface area contributed by atoms with E-state index in [0.717, 1.165) is 20.8 Å². The molecule has 0 aliphatic heterocycles. The van der Waals surface area contributed by atoms with Crippen LogP contribution in [0.4, 0.5) is 26.3 Å². The molecule has 0 bridgehead atoms. The Balaban J connectivity index is 6.94. The van der Waals surface area contributed by atoms with E-state index in [0.29, 0.717) is 28.3 Å². The van der Waals surface area contributed by atoms with E-state index in [2.05, 4.69) is 28.4 Å². The lowest BCUT2D eigenvalue weighted by molar-refractivity contribution is -0.216. The van der Waals surface area contributed by atoms with E-state index >= 15 is 0 Å². The summed E-state index contributed by atoms with van der Waals surface area (Å²) in [5.41, 5.74) is -3.46. The summed E-state index contributed by atoms with van der Waals surface area (Å²) in [7, 11) is 1.72. The standard InChI is InChI=1S/C26H34F6O14/c1-8-14(24(27,28)20(37)40-5)43-17(34)11-23(46-13(4)33,19(36)45-16(10-3)26(31,32)22(39)42-7)12-18(35)44-15(9-2)25(29,30)21(38)41-6/h14-16H,8-12H2,1-7H3. The van der Waals surface area contributed by atoms with Crippen molar-refractivity contribution in [2.24, 2.45) is 0 Å². The van der Waals surface area contributed by atoms with Gasteiger partial charge in [0.15, 0.2) is 18.3 Å². The first-order chi connectivity index (χ1) is 21.1. The third-order valence-corrected chi connectivity index (χ3v) is 6.07. The van der Waals surface area contributed by atoms with E-state index < -0.39 is 116 Å². The van der Waals surface area contributed by atoms with Crippen LogP contribution in [0.25, 0.3) is 0 Å². The first-order valence-corrected chi connectivity index (χ1v) is 13.3. The first-order valence-electron chi connectivity index (χ1n) is 13.3. The number of alkyl halides is 6. The zero-order valence-electron chi connectivity index (χ0n) is 25.8. The average Bonchev–Trinajstić information content (AvgIpc) is 2.98. The van der Waals surface area contributed by atoms with Crippen molar-refractivity contribution in [1.82, 2.24) is 0 Å². The highest BCUT2D eigenvalue weighted by molar-refractivity contribution is 5.93. The lowest BCUT2D eigenvalue weighted by Gasteiger charge is -2.33. The molecule has 0 aliphatic rings. The molecule has 0 fully saturated rings. The SMILES string of the molecule is CCC(OC(=O)CC(CC(=O)OC(CC)C(F)(F)C(=O)OC)(OC(C)=O)C(=O)OC(CC)C(F)(F)C(=O)OC)C(F)(F)C(=O)OC. The van der Waals surface area contributed by atoms with Gasteiger partial charge >= 0.3 is 59.6 Å². The van der Waals surface area contributed by atoms with Crippen LogP contribution in [0.2, 0.25) is 0 Å². The van der Waals surface area contributed by atoms with E-state index in [-0.39, 0.29) is 0 Å². The quantitative estimate of drug-likeness (QED) is 0.117. The minimum Gasteiger partial charge on any atom is -0.464 e. The van der Waals surface area contributed by atoms with E-state index in [1.165, 1.54) is 0 Å². The maximum Gasteiger partial charge on any atom is 0.380 e. The molecule has 3 unspecified atom stereocenters. The van der Waals surface area contributed by atoms with E-state index in [4.69, 9.17) is 4.74 Å². The molecule has 0 aromatic heterocycles. The number of hydrogen-bond acceptors (Lipinski definition) is 14. The van der Waals surface area contributed by atoms with Crippen LogP contribution in [0.15, 0.2) is 0 Å². The van der Waals surface area contributed by atoms with Gasteiger partial charge in [0.05, 0.1) is 34.2 Å². The molecule has 14 nitrogen and oxygen atoms in total. The number of rotatable bonds is 18. The maximum atomic E-state index is 14.6. The van der Waals surface area contributed by atoms with Crippen molar-refractivity contribution in [3.05, 3.63) is 0 Å². The van der Waals surface area contributed by atoms with Crippen molar-refractivity contribution in [2.75, 3.05) is 21.3 Å². The monoisotopic (exact) mass is 684 g/mol. The smallest absolute Gasteiger partial charge is 0.380 e. The summed E-state index contributed by atoms with van der Waals surface area (Å²) in [5, 5.41) is 0. The zero-order chi connectivity index (χ0) is 36.3. The molecule has 3 atom stereocenters. The maximum absolute atomic E-state index is 14.6. The lowest BCUT2D eigenvalue weighted by Crippen LogP contribution is -2.54. The molecule has 0 rings (SSSR count). The Hall–Kier alpha value is -4.13. The Bertz CT molecular complexity index is 1090. The number of carbonyl (C=O) groups excluding carboxylic acids is 7. The third kappa shape index (κ3) is 10.2. The molecule has 46 heavy (non-hydrogen) atoms. The molecule has 0 aliphatic carbocycles. The van der Waals surface area contributed by atoms with Crippen molar-refractivity contribution in [2.45, 2.75) is 101 Å². The fourth-order valence-corrected chi connectivity index (χ4v) is 3.74. The van der Waals surface area contributed by atoms with Crippen LogP contribution in [0.5, 0.6) is 0 Å². The predicted molar refractivity (Wildman–Crippen MR) is 135 cm³/mol. The van der Waals surface area contributed by atoms with Gasteiger partial charge in [-0.25, -0.2) is 19.2 Å². The molecule has 0 radical (unpaired) electrons. The second-order valence-electron chi connectivity index (χ2n) is 9.36. The molecule has 0 amide bonds. The Morgan fingerprint density at radius 1 is 0.522 bits per heavy atom. The average molecular weight is 685 g/mol. The normalized spacial score (nSPS) is 15.2. The van der Waals surface area contributed by atoms with Gasteiger partial charge in [-0.15, -0.1) is 0 Å². The Morgan fingerprint density at radius 3 is 1.04 bits per heavy atom. The third-order valence-electron chi connectivity index (χ3n) is 6.07. The summed E-state index contributed by atoms with van der Waals surface area (Å²) >= 11 is 0. The number of halogens is 6. The van der Waals surface area contributed by atoms with E-state index in [1.54, 1.807) is 0 Å². The highest BCUT2D eigenvalue weighted by atomic mass is 19.3. The summed E-state index contributed by atoms with van der Waals surface area (Å²) in [6, 6.07) is 0. The van der Waals surface area contributed by atoms with Gasteiger partial charge in [-0.3, -0.25) is 14.4 Å². The number of methoxy groups -OCH3 is 3. The van der Waals surface area contributed by atoms with Gasteiger partial charge in [0.25, 0.3) is 0 Å². The van der Waals surface area contributed by atoms with Crippen LogP contribution < -0.4 is 0 Å². The van der Waals surface area contributed by atoms with Gasteiger partial charge in [-0.05, 0) is 19.3 Å². The van der Waals surface area contributed by atoms with Crippen LogP contribution in [-0.2, 0) is 66.7 Å². The Kier molecular flexibility index (Phi) is 15.4. The van der Waals surface area contributed by atoms with Crippen LogP contribution in [-0.4, -0.2) is 105 Å². The van der Waals surface area contributed by atoms with Crippen LogP contribution in [0, 0.1) is 0 Å². The summed E-state index contributed by atoms with van der Waals surface area (Å²) < 4.78 is 118. The van der Waals surface area contributed by atoms with E-state index in [1.807, 2.05) is 0 Å². The minimum absolute atomic E-state index is 0.558. The molecular weight excluding hydrogens is 650 g/mol. The van der Waals surface area contributed by atoms with Crippen LogP contribution in [0.3, 0.4) is 0 Å². The van der Waals surface area contributed by atoms with Crippen molar-refractivity contribution in [3.8, 4) is 0 Å². The van der Waals surface area contributed by atoms with Gasteiger partial charge in [-0.2, -0.15) is 26.3 Å². The topological polar surface area (TPSA) is 184 Å². The largest absolute Gasteiger partial charge is 0.464 e. The summed E-state index contributed by atoms with van der Waals surface area (Å²) in [4.78, 5) is 85.9. The first kappa shape index (κ1) is 41.9. The molecule has 0 N–H and O–H groups in total. The second kappa shape index (κ2) is 17.0. The number of ether oxygens (including phenoxy) is 7. The second-order valence-corrected chi connectivity index (χ2v) is 9.36. The highest BCUT2D eigenvalue weighted by Gasteiger charge is 2.57. The fourth-order valence-electron chi connectivity index (χ4n) is 3.74. The minimum atomic E-state index is -4.59. The van der Waals surface area contributed by atoms with Crippen molar-refractivity contribution in [1.29, 1.82) is 0 Å². The van der Waals surface area contributed by atoms with Crippen molar-refractivity contribution in [3.63, 3.8) is 0 Å². The van der Waals surface area contributed by atoms with E-state index in [9.17, 15) is 59.9 Å². The van der Waals surface area contributed by atoms with Crippen molar-refractivity contribution < 1.29 is 93.1 Å². The molecule has 264 valence electrons. The Labute approximate surface area is 258 Å².